The van der Waals surface area contributed by atoms with Crippen molar-refractivity contribution in [3.8, 4) is 11.5 Å². The number of methoxy groups -OCH3 is 1. The van der Waals surface area contributed by atoms with E-state index in [4.69, 9.17) is 14.2 Å². The summed E-state index contributed by atoms with van der Waals surface area (Å²) in [6, 6.07) is 15.5. The Kier molecular flexibility index (Phi) is 8.86. The fourth-order valence-corrected chi connectivity index (χ4v) is 3.23. The van der Waals surface area contributed by atoms with Gasteiger partial charge in [0.2, 0.25) is 0 Å². The van der Waals surface area contributed by atoms with E-state index in [0.717, 1.165) is 34.6 Å². The smallest absolute Gasteiger partial charge is 0.119 e. The highest BCUT2D eigenvalue weighted by Gasteiger charge is 2.23. The van der Waals surface area contributed by atoms with Crippen LogP contribution < -0.4 is 9.47 Å². The minimum absolute atomic E-state index is 0. The first-order valence-electron chi connectivity index (χ1n) is 8.68. The number of hydrogen-bond acceptors (Lipinski definition) is 5. The molecule has 148 valence electrons. The van der Waals surface area contributed by atoms with E-state index in [0.29, 0.717) is 13.2 Å². The Bertz CT molecular complexity index is 683. The van der Waals surface area contributed by atoms with Crippen LogP contribution in [0, 0.1) is 0 Å². The molecule has 3 rings (SSSR count). The molecule has 0 saturated carbocycles. The Balaban J connectivity index is 0.00000261. The zero-order chi connectivity index (χ0) is 18.4. The van der Waals surface area contributed by atoms with Crippen LogP contribution in [0.1, 0.15) is 11.7 Å². The van der Waals surface area contributed by atoms with Crippen LogP contribution in [0.4, 0.5) is 0 Å². The maximum atomic E-state index is 10.3. The highest BCUT2D eigenvalue weighted by molar-refractivity contribution is 9.10. The average Bonchev–Trinajstić information content (AvgIpc) is 2.67. The van der Waals surface area contributed by atoms with Crippen molar-refractivity contribution in [3.63, 3.8) is 0 Å². The van der Waals surface area contributed by atoms with Crippen molar-refractivity contribution in [1.29, 1.82) is 0 Å². The molecule has 1 saturated heterocycles. The molecule has 2 aromatic carbocycles. The lowest BCUT2D eigenvalue weighted by Crippen LogP contribution is -2.43. The number of aliphatic hydroxyl groups is 1. The van der Waals surface area contributed by atoms with Gasteiger partial charge in [0.15, 0.2) is 0 Å². The second-order valence-electron chi connectivity index (χ2n) is 6.31. The highest BCUT2D eigenvalue weighted by Crippen LogP contribution is 2.24. The number of β-amino-alcohol motifs (C(OH)–C–C–N with tert-alkyl or cyclic N) is 1. The maximum absolute atomic E-state index is 10.3. The summed E-state index contributed by atoms with van der Waals surface area (Å²) in [6.07, 6.45) is -0.521. The van der Waals surface area contributed by atoms with Crippen LogP contribution in [0.15, 0.2) is 53.0 Å². The first-order valence-corrected chi connectivity index (χ1v) is 9.47. The molecule has 0 amide bonds. The first-order chi connectivity index (χ1) is 12.6. The quantitative estimate of drug-likeness (QED) is 0.686. The van der Waals surface area contributed by atoms with Gasteiger partial charge in [-0.2, -0.15) is 0 Å². The predicted octanol–water partition coefficient (Wildman–Crippen LogP) is 3.69. The number of halogens is 2. The van der Waals surface area contributed by atoms with Crippen molar-refractivity contribution in [1.82, 2.24) is 4.90 Å². The van der Waals surface area contributed by atoms with Crippen LogP contribution >= 0.6 is 28.3 Å². The minimum Gasteiger partial charge on any atom is -0.497 e. The molecule has 2 aromatic rings. The number of nitrogens with zero attached hydrogens (tertiary/aromatic N) is 1. The van der Waals surface area contributed by atoms with E-state index in [1.165, 1.54) is 0 Å². The summed E-state index contributed by atoms with van der Waals surface area (Å²) < 4.78 is 17.7. The zero-order valence-corrected chi connectivity index (χ0v) is 17.6. The molecule has 0 radical (unpaired) electrons. The summed E-state index contributed by atoms with van der Waals surface area (Å²) in [5.74, 6) is 1.50. The van der Waals surface area contributed by atoms with Crippen LogP contribution in [0.3, 0.4) is 0 Å². The van der Waals surface area contributed by atoms with Crippen molar-refractivity contribution in [3.05, 3.63) is 58.6 Å². The summed E-state index contributed by atoms with van der Waals surface area (Å²) in [6.45, 7) is 3.06. The molecule has 2 unspecified atom stereocenters. The van der Waals surface area contributed by atoms with E-state index in [1.54, 1.807) is 7.11 Å². The first kappa shape index (κ1) is 22.0. The second-order valence-corrected chi connectivity index (χ2v) is 7.23. The molecule has 7 heteroatoms. The number of rotatable bonds is 7. The summed E-state index contributed by atoms with van der Waals surface area (Å²) >= 11 is 3.45. The summed E-state index contributed by atoms with van der Waals surface area (Å²) in [5.41, 5.74) is 1.15. The van der Waals surface area contributed by atoms with Gasteiger partial charge in [0.1, 0.15) is 24.2 Å². The molecular formula is C20H25BrClNO4. The van der Waals surface area contributed by atoms with Crippen molar-refractivity contribution in [2.45, 2.75) is 12.2 Å². The van der Waals surface area contributed by atoms with Crippen molar-refractivity contribution >= 4 is 28.3 Å². The maximum Gasteiger partial charge on any atom is 0.119 e. The Morgan fingerprint density at radius 2 is 1.81 bits per heavy atom. The van der Waals surface area contributed by atoms with Crippen LogP contribution in [0.2, 0.25) is 0 Å². The number of hydrogen-bond donors (Lipinski definition) is 1. The van der Waals surface area contributed by atoms with Gasteiger partial charge in [-0.15, -0.1) is 12.4 Å². The van der Waals surface area contributed by atoms with Gasteiger partial charge in [-0.3, -0.25) is 4.90 Å². The third kappa shape index (κ3) is 6.66. The van der Waals surface area contributed by atoms with E-state index in [2.05, 4.69) is 33.0 Å². The van der Waals surface area contributed by atoms with E-state index in [1.807, 2.05) is 36.4 Å². The van der Waals surface area contributed by atoms with Gasteiger partial charge >= 0.3 is 0 Å². The largest absolute Gasteiger partial charge is 0.497 e. The molecule has 5 nitrogen and oxygen atoms in total. The Morgan fingerprint density at radius 1 is 1.15 bits per heavy atom. The van der Waals surface area contributed by atoms with E-state index >= 15 is 0 Å². The number of aliphatic hydroxyl groups excluding tert-OH is 1. The minimum atomic E-state index is -0.555. The standard InChI is InChI=1S/C20H24BrNO4.ClH/c1-24-18-6-8-19(9-7-18)26-14-17(23)12-22-10-11-25-20(13-22)15-2-4-16(21)5-3-15;/h2-9,17,20,23H,10-14H2,1H3;1H. The van der Waals surface area contributed by atoms with Gasteiger partial charge in [0.25, 0.3) is 0 Å². The normalized spacial score (nSPS) is 18.4. The molecule has 1 fully saturated rings. The average molecular weight is 459 g/mol. The molecule has 0 aliphatic carbocycles. The number of benzene rings is 2. The van der Waals surface area contributed by atoms with Crippen molar-refractivity contribution in [2.24, 2.45) is 0 Å². The molecule has 1 heterocycles. The third-order valence-electron chi connectivity index (χ3n) is 4.36. The van der Waals surface area contributed by atoms with Crippen molar-refractivity contribution < 1.29 is 19.3 Å². The molecule has 1 N–H and O–H groups in total. The molecule has 2 atom stereocenters. The lowest BCUT2D eigenvalue weighted by molar-refractivity contribution is -0.0459. The van der Waals surface area contributed by atoms with E-state index in [-0.39, 0.29) is 25.1 Å². The van der Waals surface area contributed by atoms with Crippen LogP contribution in [0.25, 0.3) is 0 Å². The third-order valence-corrected chi connectivity index (χ3v) is 4.89. The molecule has 0 bridgehead atoms. The van der Waals surface area contributed by atoms with Crippen LogP contribution in [-0.4, -0.2) is 56.1 Å². The number of ether oxygens (including phenoxy) is 3. The molecular weight excluding hydrogens is 434 g/mol. The monoisotopic (exact) mass is 457 g/mol. The molecule has 0 aromatic heterocycles. The van der Waals surface area contributed by atoms with Gasteiger partial charge in [-0.25, -0.2) is 0 Å². The second kappa shape index (κ2) is 10.9. The van der Waals surface area contributed by atoms with Crippen LogP contribution in [-0.2, 0) is 4.74 Å². The fraction of sp³-hybridized carbons (Fsp3) is 0.400. The van der Waals surface area contributed by atoms with Crippen molar-refractivity contribution in [2.75, 3.05) is 40.0 Å². The molecule has 0 spiro atoms. The van der Waals surface area contributed by atoms with Gasteiger partial charge in [0, 0.05) is 24.1 Å². The Labute approximate surface area is 174 Å². The summed E-state index contributed by atoms with van der Waals surface area (Å²) in [5, 5.41) is 10.3. The lowest BCUT2D eigenvalue weighted by Gasteiger charge is -2.34. The van der Waals surface area contributed by atoms with E-state index < -0.39 is 6.10 Å². The fourth-order valence-electron chi connectivity index (χ4n) is 2.96. The Morgan fingerprint density at radius 3 is 2.48 bits per heavy atom. The Hall–Kier alpha value is -1.31. The summed E-state index contributed by atoms with van der Waals surface area (Å²) in [4.78, 5) is 2.22. The number of morpholine rings is 1. The van der Waals surface area contributed by atoms with Gasteiger partial charge in [0.05, 0.1) is 19.8 Å². The summed E-state index contributed by atoms with van der Waals surface area (Å²) in [7, 11) is 1.63. The zero-order valence-electron chi connectivity index (χ0n) is 15.2. The van der Waals surface area contributed by atoms with E-state index in [9.17, 15) is 5.11 Å². The van der Waals surface area contributed by atoms with Gasteiger partial charge in [-0.05, 0) is 42.0 Å². The highest BCUT2D eigenvalue weighted by atomic mass is 79.9. The molecule has 1 aliphatic heterocycles. The lowest BCUT2D eigenvalue weighted by atomic mass is 10.1. The SMILES string of the molecule is COc1ccc(OCC(O)CN2CCOC(c3ccc(Br)cc3)C2)cc1.Cl. The molecule has 27 heavy (non-hydrogen) atoms. The topological polar surface area (TPSA) is 51.2 Å². The van der Waals surface area contributed by atoms with Gasteiger partial charge in [-0.1, -0.05) is 28.1 Å². The van der Waals surface area contributed by atoms with Crippen LogP contribution in [0.5, 0.6) is 11.5 Å². The van der Waals surface area contributed by atoms with Gasteiger partial charge < -0.3 is 19.3 Å². The predicted molar refractivity (Wildman–Crippen MR) is 111 cm³/mol. The molecule has 1 aliphatic rings.